The molecule has 4 heteroatoms. The van der Waals surface area contributed by atoms with E-state index in [1.165, 1.54) is 0 Å². The van der Waals surface area contributed by atoms with Crippen molar-refractivity contribution in [3.63, 3.8) is 0 Å². The summed E-state index contributed by atoms with van der Waals surface area (Å²) < 4.78 is 1.58. The standard InChI is InChI=1S/C6H5I2NO/c1-3-2-4(7)9-6(8)5(3)10/h2,10H,1H3. The molecule has 0 saturated carbocycles. The lowest BCUT2D eigenvalue weighted by molar-refractivity contribution is 0.463. The largest absolute Gasteiger partial charge is 0.505 e. The van der Waals surface area contributed by atoms with E-state index < -0.39 is 0 Å². The zero-order valence-corrected chi connectivity index (χ0v) is 9.54. The van der Waals surface area contributed by atoms with Gasteiger partial charge in [-0.15, -0.1) is 0 Å². The molecule has 0 spiro atoms. The van der Waals surface area contributed by atoms with E-state index in [0.717, 1.165) is 9.26 Å². The SMILES string of the molecule is Cc1cc(I)nc(I)c1O. The van der Waals surface area contributed by atoms with Gasteiger partial charge in [-0.3, -0.25) is 0 Å². The van der Waals surface area contributed by atoms with Crippen LogP contribution < -0.4 is 0 Å². The molecule has 0 unspecified atom stereocenters. The zero-order valence-electron chi connectivity index (χ0n) is 5.23. The van der Waals surface area contributed by atoms with Gasteiger partial charge in [0.1, 0.15) is 13.2 Å². The van der Waals surface area contributed by atoms with Crippen molar-refractivity contribution in [1.29, 1.82) is 0 Å². The van der Waals surface area contributed by atoms with Crippen molar-refractivity contribution in [3.8, 4) is 5.75 Å². The highest BCUT2D eigenvalue weighted by Gasteiger charge is 2.02. The van der Waals surface area contributed by atoms with E-state index in [4.69, 9.17) is 0 Å². The summed E-state index contributed by atoms with van der Waals surface area (Å²) in [6.07, 6.45) is 0. The third kappa shape index (κ3) is 1.71. The first-order valence-electron chi connectivity index (χ1n) is 2.63. The summed E-state index contributed by atoms with van der Waals surface area (Å²) in [5.41, 5.74) is 0.879. The van der Waals surface area contributed by atoms with Crippen LogP contribution in [0.5, 0.6) is 5.75 Å². The van der Waals surface area contributed by atoms with Crippen molar-refractivity contribution in [2.75, 3.05) is 0 Å². The van der Waals surface area contributed by atoms with Crippen molar-refractivity contribution >= 4 is 45.2 Å². The normalized spacial score (nSPS) is 9.90. The number of rotatable bonds is 0. The van der Waals surface area contributed by atoms with E-state index in [1.54, 1.807) is 0 Å². The quantitative estimate of drug-likeness (QED) is 0.569. The molecule has 1 aromatic heterocycles. The van der Waals surface area contributed by atoms with Gasteiger partial charge in [0.05, 0.1) is 0 Å². The average Bonchev–Trinajstić information content (AvgIpc) is 1.82. The van der Waals surface area contributed by atoms with Gasteiger partial charge in [-0.1, -0.05) is 0 Å². The fraction of sp³-hybridized carbons (Fsp3) is 0.167. The van der Waals surface area contributed by atoms with Crippen LogP contribution in [-0.2, 0) is 0 Å². The van der Waals surface area contributed by atoms with Crippen LogP contribution in [0.2, 0.25) is 0 Å². The van der Waals surface area contributed by atoms with Crippen LogP contribution in [0.1, 0.15) is 5.56 Å². The topological polar surface area (TPSA) is 33.1 Å². The molecule has 1 rings (SSSR count). The molecule has 2 nitrogen and oxygen atoms in total. The maximum Gasteiger partial charge on any atom is 0.150 e. The fourth-order valence-electron chi connectivity index (χ4n) is 0.589. The monoisotopic (exact) mass is 361 g/mol. The number of pyridine rings is 1. The molecule has 0 aliphatic rings. The number of aryl methyl sites for hydroxylation is 1. The molecule has 0 saturated heterocycles. The summed E-state index contributed by atoms with van der Waals surface area (Å²) in [7, 11) is 0. The lowest BCUT2D eigenvalue weighted by Crippen LogP contribution is -1.88. The van der Waals surface area contributed by atoms with Crippen LogP contribution in [0.4, 0.5) is 0 Å². The lowest BCUT2D eigenvalue weighted by Gasteiger charge is -1.99. The molecule has 0 aliphatic heterocycles. The second kappa shape index (κ2) is 3.21. The number of halogens is 2. The first-order valence-corrected chi connectivity index (χ1v) is 4.78. The Morgan fingerprint density at radius 3 is 2.60 bits per heavy atom. The minimum absolute atomic E-state index is 0.293. The minimum Gasteiger partial charge on any atom is -0.505 e. The van der Waals surface area contributed by atoms with Crippen LogP contribution in [-0.4, -0.2) is 10.1 Å². The fourth-order valence-corrected chi connectivity index (χ4v) is 2.44. The molecule has 0 fully saturated rings. The Morgan fingerprint density at radius 2 is 2.10 bits per heavy atom. The highest BCUT2D eigenvalue weighted by molar-refractivity contribution is 14.1. The second-order valence-electron chi connectivity index (χ2n) is 1.90. The van der Waals surface area contributed by atoms with Gasteiger partial charge in [-0.2, -0.15) is 0 Å². The molecule has 0 aromatic carbocycles. The molecule has 0 radical (unpaired) electrons. The van der Waals surface area contributed by atoms with Gasteiger partial charge in [0.15, 0.2) is 0 Å². The first-order chi connectivity index (χ1) is 4.61. The predicted octanol–water partition coefficient (Wildman–Crippen LogP) is 2.30. The number of hydrogen-bond acceptors (Lipinski definition) is 2. The molecule has 1 aromatic rings. The van der Waals surface area contributed by atoms with E-state index in [0.29, 0.717) is 9.45 Å². The Bertz CT molecular complexity index is 239. The maximum absolute atomic E-state index is 9.26. The minimum atomic E-state index is 0.293. The van der Waals surface area contributed by atoms with Gasteiger partial charge >= 0.3 is 0 Å². The number of aromatic nitrogens is 1. The molecule has 1 N–H and O–H groups in total. The summed E-state index contributed by atoms with van der Waals surface area (Å²) in [6.45, 7) is 1.86. The summed E-state index contributed by atoms with van der Waals surface area (Å²) in [6, 6.07) is 1.85. The van der Waals surface area contributed by atoms with E-state index in [9.17, 15) is 5.11 Å². The summed E-state index contributed by atoms with van der Waals surface area (Å²) >= 11 is 4.13. The van der Waals surface area contributed by atoms with E-state index in [2.05, 4.69) is 27.6 Å². The molecule has 54 valence electrons. The van der Waals surface area contributed by atoms with Crippen molar-refractivity contribution in [2.24, 2.45) is 0 Å². The van der Waals surface area contributed by atoms with Gasteiger partial charge in [0, 0.05) is 0 Å². The number of hydrogen-bond donors (Lipinski definition) is 1. The van der Waals surface area contributed by atoms with Gasteiger partial charge in [-0.25, -0.2) is 4.98 Å². The van der Waals surface area contributed by atoms with Crippen LogP contribution in [0.15, 0.2) is 6.07 Å². The van der Waals surface area contributed by atoms with Crippen molar-refractivity contribution in [1.82, 2.24) is 4.98 Å². The molecule has 0 amide bonds. The Morgan fingerprint density at radius 1 is 1.50 bits per heavy atom. The molecule has 0 aliphatic carbocycles. The molecule has 0 bridgehead atoms. The highest BCUT2D eigenvalue weighted by atomic mass is 127. The third-order valence-corrected chi connectivity index (χ3v) is 2.41. The highest BCUT2D eigenvalue weighted by Crippen LogP contribution is 2.22. The number of aromatic hydroxyl groups is 1. The van der Waals surface area contributed by atoms with Crippen LogP contribution in [0.25, 0.3) is 0 Å². The van der Waals surface area contributed by atoms with Gasteiger partial charge in [-0.05, 0) is 63.7 Å². The van der Waals surface area contributed by atoms with Crippen molar-refractivity contribution in [3.05, 3.63) is 19.0 Å². The van der Waals surface area contributed by atoms with Crippen molar-refractivity contribution in [2.45, 2.75) is 6.92 Å². The molecular formula is C6H5I2NO. The second-order valence-corrected chi connectivity index (χ2v) is 4.03. The van der Waals surface area contributed by atoms with Crippen LogP contribution in [0, 0.1) is 14.3 Å². The smallest absolute Gasteiger partial charge is 0.150 e. The van der Waals surface area contributed by atoms with Crippen molar-refractivity contribution < 1.29 is 5.11 Å². The summed E-state index contributed by atoms with van der Waals surface area (Å²) in [5, 5.41) is 9.26. The number of nitrogens with zero attached hydrogens (tertiary/aromatic N) is 1. The average molecular weight is 361 g/mol. The Balaban J connectivity index is 3.31. The Hall–Kier alpha value is 0.410. The van der Waals surface area contributed by atoms with Gasteiger partial charge in [0.2, 0.25) is 0 Å². The third-order valence-electron chi connectivity index (χ3n) is 1.11. The van der Waals surface area contributed by atoms with Gasteiger partial charge in [0.25, 0.3) is 0 Å². The summed E-state index contributed by atoms with van der Waals surface area (Å²) in [5.74, 6) is 0.293. The Labute approximate surface area is 86.3 Å². The summed E-state index contributed by atoms with van der Waals surface area (Å²) in [4.78, 5) is 4.06. The predicted molar refractivity (Wildman–Crippen MR) is 56.1 cm³/mol. The van der Waals surface area contributed by atoms with E-state index in [-0.39, 0.29) is 0 Å². The van der Waals surface area contributed by atoms with Crippen LogP contribution >= 0.6 is 45.2 Å². The molecule has 0 atom stereocenters. The molecule has 10 heavy (non-hydrogen) atoms. The van der Waals surface area contributed by atoms with E-state index >= 15 is 0 Å². The van der Waals surface area contributed by atoms with Crippen LogP contribution in [0.3, 0.4) is 0 Å². The van der Waals surface area contributed by atoms with E-state index in [1.807, 2.05) is 35.6 Å². The Kier molecular flexibility index (Phi) is 2.73. The first kappa shape index (κ1) is 8.51. The molecule has 1 heterocycles. The maximum atomic E-state index is 9.26. The molecular weight excluding hydrogens is 356 g/mol. The zero-order chi connectivity index (χ0) is 7.72. The lowest BCUT2D eigenvalue weighted by atomic mass is 10.3. The van der Waals surface area contributed by atoms with Gasteiger partial charge < -0.3 is 5.11 Å².